The minimum Gasteiger partial charge on any atom is -0.497 e. The molecule has 0 saturated carbocycles. The summed E-state index contributed by atoms with van der Waals surface area (Å²) < 4.78 is 5.10. The highest BCUT2D eigenvalue weighted by Crippen LogP contribution is 2.23. The summed E-state index contributed by atoms with van der Waals surface area (Å²) >= 11 is 6.04. The van der Waals surface area contributed by atoms with E-state index in [-0.39, 0.29) is 19.1 Å². The van der Waals surface area contributed by atoms with Crippen molar-refractivity contribution in [2.45, 2.75) is 6.61 Å². The second kappa shape index (κ2) is 7.68. The fraction of sp³-hybridized carbons (Fsp3) is 0.188. The maximum absolute atomic E-state index is 11.9. The van der Waals surface area contributed by atoms with Crippen LogP contribution in [0.5, 0.6) is 5.75 Å². The van der Waals surface area contributed by atoms with Crippen LogP contribution in [-0.2, 0) is 11.4 Å². The number of carbonyl (C=O) groups is 1. The van der Waals surface area contributed by atoms with Crippen LogP contribution in [0.15, 0.2) is 42.5 Å². The van der Waals surface area contributed by atoms with E-state index >= 15 is 0 Å². The number of halogens is 1. The molecule has 116 valence electrons. The van der Waals surface area contributed by atoms with Crippen LogP contribution in [0.2, 0.25) is 5.02 Å². The fourth-order valence-electron chi connectivity index (χ4n) is 1.89. The van der Waals surface area contributed by atoms with Gasteiger partial charge in [0.25, 0.3) is 0 Å². The van der Waals surface area contributed by atoms with E-state index in [9.17, 15) is 4.79 Å². The number of benzene rings is 2. The molecule has 0 aliphatic rings. The van der Waals surface area contributed by atoms with Crippen molar-refractivity contribution in [3.63, 3.8) is 0 Å². The number of anilines is 2. The van der Waals surface area contributed by atoms with Gasteiger partial charge < -0.3 is 20.5 Å². The number of carbonyl (C=O) groups excluding carboxylic acids is 1. The van der Waals surface area contributed by atoms with Crippen molar-refractivity contribution in [3.8, 4) is 5.75 Å². The lowest BCUT2D eigenvalue weighted by Crippen LogP contribution is -2.21. The molecule has 0 unspecified atom stereocenters. The van der Waals surface area contributed by atoms with E-state index in [1.54, 1.807) is 49.6 Å². The second-order valence-electron chi connectivity index (χ2n) is 4.61. The van der Waals surface area contributed by atoms with Crippen molar-refractivity contribution < 1.29 is 14.6 Å². The molecule has 0 heterocycles. The molecule has 0 aliphatic carbocycles. The summed E-state index contributed by atoms with van der Waals surface area (Å²) in [7, 11) is 1.57. The van der Waals surface area contributed by atoms with Gasteiger partial charge in [0.05, 0.1) is 31.0 Å². The van der Waals surface area contributed by atoms with Crippen molar-refractivity contribution in [1.29, 1.82) is 0 Å². The summed E-state index contributed by atoms with van der Waals surface area (Å²) in [5.41, 5.74) is 1.98. The SMILES string of the molecule is COc1cccc(NC(=O)CNc2cc(CO)ccc2Cl)c1. The van der Waals surface area contributed by atoms with Crippen molar-refractivity contribution in [1.82, 2.24) is 0 Å². The fourth-order valence-corrected chi connectivity index (χ4v) is 2.07. The van der Waals surface area contributed by atoms with E-state index in [1.807, 2.05) is 0 Å². The first kappa shape index (κ1) is 16.1. The summed E-state index contributed by atoms with van der Waals surface area (Å²) in [6, 6.07) is 12.2. The predicted molar refractivity (Wildman–Crippen MR) is 87.5 cm³/mol. The first-order valence-corrected chi connectivity index (χ1v) is 7.07. The molecule has 0 bridgehead atoms. The van der Waals surface area contributed by atoms with Crippen molar-refractivity contribution in [2.75, 3.05) is 24.3 Å². The molecule has 0 atom stereocenters. The second-order valence-corrected chi connectivity index (χ2v) is 5.01. The summed E-state index contributed by atoms with van der Waals surface area (Å²) in [5.74, 6) is 0.461. The first-order chi connectivity index (χ1) is 10.6. The third kappa shape index (κ3) is 4.38. The van der Waals surface area contributed by atoms with E-state index in [0.717, 1.165) is 5.56 Å². The predicted octanol–water partition coefficient (Wildman–Crippen LogP) is 2.89. The number of nitrogens with one attached hydrogen (secondary N) is 2. The third-order valence-electron chi connectivity index (χ3n) is 3.01. The molecule has 2 aromatic carbocycles. The lowest BCUT2D eigenvalue weighted by Gasteiger charge is -2.11. The smallest absolute Gasteiger partial charge is 0.243 e. The van der Waals surface area contributed by atoms with Gasteiger partial charge in [-0.05, 0) is 29.8 Å². The lowest BCUT2D eigenvalue weighted by atomic mass is 10.2. The molecule has 2 aromatic rings. The van der Waals surface area contributed by atoms with E-state index in [1.165, 1.54) is 0 Å². The van der Waals surface area contributed by atoms with Crippen LogP contribution in [0.25, 0.3) is 0 Å². The summed E-state index contributed by atoms with van der Waals surface area (Å²) in [4.78, 5) is 11.9. The maximum Gasteiger partial charge on any atom is 0.243 e. The minimum absolute atomic E-state index is 0.0613. The first-order valence-electron chi connectivity index (χ1n) is 6.69. The number of rotatable bonds is 6. The Kier molecular flexibility index (Phi) is 5.63. The highest BCUT2D eigenvalue weighted by Gasteiger charge is 2.06. The van der Waals surface area contributed by atoms with Gasteiger partial charge in [-0.25, -0.2) is 0 Å². The van der Waals surface area contributed by atoms with Crippen molar-refractivity contribution in [2.24, 2.45) is 0 Å². The molecule has 0 radical (unpaired) electrons. The molecule has 2 rings (SSSR count). The highest BCUT2D eigenvalue weighted by molar-refractivity contribution is 6.33. The number of aliphatic hydroxyl groups excluding tert-OH is 1. The Hall–Kier alpha value is -2.24. The normalized spacial score (nSPS) is 10.1. The molecule has 0 aliphatic heterocycles. The van der Waals surface area contributed by atoms with Crippen LogP contribution in [0.4, 0.5) is 11.4 Å². The van der Waals surface area contributed by atoms with Crippen molar-refractivity contribution >= 4 is 28.9 Å². The van der Waals surface area contributed by atoms with Gasteiger partial charge in [-0.3, -0.25) is 4.79 Å². The molecule has 0 fully saturated rings. The van der Waals surface area contributed by atoms with E-state index in [0.29, 0.717) is 22.1 Å². The summed E-state index contributed by atoms with van der Waals surface area (Å²) in [5, 5.41) is 15.3. The minimum atomic E-state index is -0.210. The molecule has 1 amide bonds. The van der Waals surface area contributed by atoms with Gasteiger partial charge in [-0.1, -0.05) is 23.7 Å². The molecular weight excluding hydrogens is 304 g/mol. The monoisotopic (exact) mass is 320 g/mol. The molecule has 22 heavy (non-hydrogen) atoms. The number of aliphatic hydroxyl groups is 1. The Morgan fingerprint density at radius 3 is 2.82 bits per heavy atom. The number of hydrogen-bond acceptors (Lipinski definition) is 4. The molecule has 0 saturated heterocycles. The molecule has 3 N–H and O–H groups in total. The average molecular weight is 321 g/mol. The van der Waals surface area contributed by atoms with Crippen LogP contribution in [-0.4, -0.2) is 24.7 Å². The lowest BCUT2D eigenvalue weighted by molar-refractivity contribution is -0.114. The van der Waals surface area contributed by atoms with Gasteiger partial charge >= 0.3 is 0 Å². The van der Waals surface area contributed by atoms with E-state index in [4.69, 9.17) is 21.4 Å². The Labute approximate surface area is 133 Å². The Balaban J connectivity index is 1.95. The molecule has 0 spiro atoms. The number of hydrogen-bond donors (Lipinski definition) is 3. The Bertz CT molecular complexity index is 662. The summed E-state index contributed by atoms with van der Waals surface area (Å²) in [6.07, 6.45) is 0. The van der Waals surface area contributed by atoms with Crippen LogP contribution >= 0.6 is 11.6 Å². The Morgan fingerprint density at radius 1 is 1.27 bits per heavy atom. The standard InChI is InChI=1S/C16H17ClN2O3/c1-22-13-4-2-3-12(8-13)19-16(21)9-18-15-7-11(10-20)5-6-14(15)17/h2-8,18,20H,9-10H2,1H3,(H,19,21). The number of amides is 1. The maximum atomic E-state index is 11.9. The van der Waals surface area contributed by atoms with Crippen LogP contribution in [0.1, 0.15) is 5.56 Å². The van der Waals surface area contributed by atoms with Crippen LogP contribution in [0, 0.1) is 0 Å². The van der Waals surface area contributed by atoms with Gasteiger partial charge in [0.15, 0.2) is 0 Å². The quantitative estimate of drug-likeness (QED) is 0.765. The summed E-state index contributed by atoms with van der Waals surface area (Å²) in [6.45, 7) is -0.0202. The van der Waals surface area contributed by atoms with Crippen LogP contribution < -0.4 is 15.4 Å². The van der Waals surface area contributed by atoms with E-state index < -0.39 is 0 Å². The van der Waals surface area contributed by atoms with E-state index in [2.05, 4.69) is 10.6 Å². The zero-order valence-corrected chi connectivity index (χ0v) is 12.9. The largest absolute Gasteiger partial charge is 0.497 e. The zero-order valence-electron chi connectivity index (χ0n) is 12.1. The third-order valence-corrected chi connectivity index (χ3v) is 3.34. The molecular formula is C16H17ClN2O3. The van der Waals surface area contributed by atoms with Gasteiger partial charge in [-0.15, -0.1) is 0 Å². The number of methoxy groups -OCH3 is 1. The topological polar surface area (TPSA) is 70.6 Å². The Morgan fingerprint density at radius 2 is 2.09 bits per heavy atom. The van der Waals surface area contributed by atoms with Crippen molar-refractivity contribution in [3.05, 3.63) is 53.1 Å². The van der Waals surface area contributed by atoms with Gasteiger partial charge in [0.2, 0.25) is 5.91 Å². The van der Waals surface area contributed by atoms with Gasteiger partial charge in [0, 0.05) is 11.8 Å². The highest BCUT2D eigenvalue weighted by atomic mass is 35.5. The average Bonchev–Trinajstić information content (AvgIpc) is 2.54. The molecule has 6 heteroatoms. The van der Waals surface area contributed by atoms with Gasteiger partial charge in [-0.2, -0.15) is 0 Å². The zero-order chi connectivity index (χ0) is 15.9. The molecule has 0 aromatic heterocycles. The molecule has 5 nitrogen and oxygen atoms in total. The van der Waals surface area contributed by atoms with Crippen LogP contribution in [0.3, 0.4) is 0 Å². The number of ether oxygens (including phenoxy) is 1. The van der Waals surface area contributed by atoms with Gasteiger partial charge in [0.1, 0.15) is 5.75 Å².